The summed E-state index contributed by atoms with van der Waals surface area (Å²) >= 11 is 0. The lowest BCUT2D eigenvalue weighted by molar-refractivity contribution is -0.140. The highest BCUT2D eigenvalue weighted by Gasteiger charge is 1.99. The first-order valence-corrected chi connectivity index (χ1v) is 3.26. The number of rotatable bonds is 4. The van der Waals surface area contributed by atoms with Crippen LogP contribution < -0.4 is 0 Å². The van der Waals surface area contributed by atoms with Crippen LogP contribution in [-0.4, -0.2) is 30.2 Å². The van der Waals surface area contributed by atoms with E-state index < -0.39 is 7.12 Å². The van der Waals surface area contributed by atoms with Gasteiger partial charge >= 0.3 is 13.1 Å². The molecule has 0 saturated carbocycles. The Morgan fingerprint density at radius 1 is 1.64 bits per heavy atom. The Labute approximate surface area is 65.6 Å². The summed E-state index contributed by atoms with van der Waals surface area (Å²) in [5.41, 5.74) is 0. The van der Waals surface area contributed by atoms with Crippen LogP contribution in [0.2, 0.25) is 0 Å². The van der Waals surface area contributed by atoms with E-state index in [0.29, 0.717) is 6.42 Å². The molecule has 0 fully saturated rings. The maximum Gasteiger partial charge on any atom is 0.480 e. The third-order valence-corrected chi connectivity index (χ3v) is 1.05. The van der Waals surface area contributed by atoms with E-state index in [1.165, 1.54) is 19.2 Å². The second-order valence-corrected chi connectivity index (χ2v) is 1.96. The Morgan fingerprint density at radius 2 is 2.27 bits per heavy atom. The number of carbonyl (C=O) groups is 1. The molecule has 62 valence electrons. The SMILES string of the molecule is COC(=O)CC/C=C/B(O)O. The Morgan fingerprint density at radius 3 is 2.73 bits per heavy atom. The number of allylic oxidation sites excluding steroid dienone is 1. The predicted molar refractivity (Wildman–Crippen MR) is 40.6 cm³/mol. The van der Waals surface area contributed by atoms with Crippen LogP contribution in [0.15, 0.2) is 12.1 Å². The molecule has 11 heavy (non-hydrogen) atoms. The summed E-state index contributed by atoms with van der Waals surface area (Å²) in [5, 5.41) is 16.7. The Balaban J connectivity index is 3.34. The Bertz CT molecular complexity index is 144. The summed E-state index contributed by atoms with van der Waals surface area (Å²) in [4.78, 5) is 10.5. The van der Waals surface area contributed by atoms with Crippen LogP contribution in [0.3, 0.4) is 0 Å². The molecule has 2 N–H and O–H groups in total. The van der Waals surface area contributed by atoms with Gasteiger partial charge in [0.15, 0.2) is 0 Å². The second kappa shape index (κ2) is 5.94. The normalized spacial score (nSPS) is 10.1. The monoisotopic (exact) mass is 158 g/mol. The van der Waals surface area contributed by atoms with E-state index in [9.17, 15) is 4.79 Å². The van der Waals surface area contributed by atoms with Crippen molar-refractivity contribution >= 4 is 13.1 Å². The summed E-state index contributed by atoms with van der Waals surface area (Å²) in [6, 6.07) is 0. The fraction of sp³-hybridized carbons (Fsp3) is 0.500. The van der Waals surface area contributed by atoms with Crippen LogP contribution in [0.25, 0.3) is 0 Å². The minimum Gasteiger partial charge on any atom is -0.469 e. The fourth-order valence-electron chi connectivity index (χ4n) is 0.521. The van der Waals surface area contributed by atoms with Crippen LogP contribution in [0.5, 0.6) is 0 Å². The zero-order valence-electron chi connectivity index (χ0n) is 6.36. The van der Waals surface area contributed by atoms with E-state index in [1.54, 1.807) is 0 Å². The molecule has 0 bridgehead atoms. The molecular weight excluding hydrogens is 147 g/mol. The third kappa shape index (κ3) is 7.09. The van der Waals surface area contributed by atoms with Gasteiger partial charge in [0.2, 0.25) is 0 Å². The molecule has 0 aromatic carbocycles. The number of methoxy groups -OCH3 is 1. The number of carbonyl (C=O) groups excluding carboxylic acids is 1. The van der Waals surface area contributed by atoms with Crippen molar-refractivity contribution in [3.8, 4) is 0 Å². The first kappa shape index (κ1) is 10.2. The van der Waals surface area contributed by atoms with Gasteiger partial charge in [-0.25, -0.2) is 0 Å². The summed E-state index contributed by atoms with van der Waals surface area (Å²) < 4.78 is 4.36. The van der Waals surface area contributed by atoms with Crippen LogP contribution in [0.4, 0.5) is 0 Å². The molecule has 0 aromatic heterocycles. The van der Waals surface area contributed by atoms with Crippen molar-refractivity contribution in [2.45, 2.75) is 12.8 Å². The standard InChI is InChI=1S/C6H11BO4/c1-11-6(8)4-2-3-5-7(9)10/h3,5,9-10H,2,4H2,1H3/b5-3+. The zero-order chi connectivity index (χ0) is 8.69. The van der Waals surface area contributed by atoms with Crippen molar-refractivity contribution in [3.63, 3.8) is 0 Å². The van der Waals surface area contributed by atoms with Gasteiger partial charge in [-0.1, -0.05) is 12.1 Å². The molecule has 0 aliphatic rings. The van der Waals surface area contributed by atoms with Gasteiger partial charge in [-0.2, -0.15) is 0 Å². The van der Waals surface area contributed by atoms with E-state index in [2.05, 4.69) is 4.74 Å². The molecule has 0 aliphatic heterocycles. The van der Waals surface area contributed by atoms with E-state index in [4.69, 9.17) is 10.0 Å². The molecule has 0 aliphatic carbocycles. The number of hydrogen-bond acceptors (Lipinski definition) is 4. The first-order chi connectivity index (χ1) is 5.16. The third-order valence-electron chi connectivity index (χ3n) is 1.05. The van der Waals surface area contributed by atoms with Gasteiger partial charge in [0, 0.05) is 6.42 Å². The summed E-state index contributed by atoms with van der Waals surface area (Å²) in [6.07, 6.45) is 2.24. The van der Waals surface area contributed by atoms with Gasteiger partial charge < -0.3 is 14.8 Å². The molecule has 0 amide bonds. The zero-order valence-corrected chi connectivity index (χ0v) is 6.36. The molecule has 0 heterocycles. The molecule has 0 radical (unpaired) electrons. The molecule has 5 heteroatoms. The molecule has 4 nitrogen and oxygen atoms in total. The van der Waals surface area contributed by atoms with E-state index in [1.807, 2.05) is 0 Å². The summed E-state index contributed by atoms with van der Waals surface area (Å²) in [6.45, 7) is 0. The quantitative estimate of drug-likeness (QED) is 0.427. The minimum absolute atomic E-state index is 0.264. The number of esters is 1. The first-order valence-electron chi connectivity index (χ1n) is 3.26. The highest BCUT2D eigenvalue weighted by Crippen LogP contribution is 1.92. The largest absolute Gasteiger partial charge is 0.480 e. The number of ether oxygens (including phenoxy) is 1. The molecule has 0 spiro atoms. The number of hydrogen-bond donors (Lipinski definition) is 2. The van der Waals surface area contributed by atoms with E-state index in [0.717, 1.165) is 0 Å². The van der Waals surface area contributed by atoms with Gasteiger partial charge in [-0.3, -0.25) is 4.79 Å². The maximum absolute atomic E-state index is 10.5. The lowest BCUT2D eigenvalue weighted by Crippen LogP contribution is -2.05. The van der Waals surface area contributed by atoms with Gasteiger partial charge in [-0.05, 0) is 6.42 Å². The van der Waals surface area contributed by atoms with E-state index >= 15 is 0 Å². The van der Waals surface area contributed by atoms with Crippen molar-refractivity contribution in [1.82, 2.24) is 0 Å². The van der Waals surface area contributed by atoms with Crippen molar-refractivity contribution < 1.29 is 19.6 Å². The molecular formula is C6H11BO4. The summed E-state index contributed by atoms with van der Waals surface area (Å²) in [5.74, 6) is 0.894. The van der Waals surface area contributed by atoms with Gasteiger partial charge in [0.1, 0.15) is 0 Å². The predicted octanol–water partition coefficient (Wildman–Crippen LogP) is -0.492. The Kier molecular flexibility index (Phi) is 5.51. The molecule has 0 rings (SSSR count). The highest BCUT2D eigenvalue weighted by atomic mass is 16.5. The lowest BCUT2D eigenvalue weighted by Gasteiger charge is -1.93. The van der Waals surface area contributed by atoms with E-state index in [-0.39, 0.29) is 12.4 Å². The van der Waals surface area contributed by atoms with Crippen LogP contribution in [0.1, 0.15) is 12.8 Å². The average molecular weight is 158 g/mol. The highest BCUT2D eigenvalue weighted by molar-refractivity contribution is 6.47. The molecule has 0 atom stereocenters. The fourth-order valence-corrected chi connectivity index (χ4v) is 0.521. The summed E-state index contributed by atoms with van der Waals surface area (Å²) in [7, 11) is -0.125. The Hall–Kier alpha value is -0.805. The van der Waals surface area contributed by atoms with Crippen LogP contribution >= 0.6 is 0 Å². The molecule has 0 saturated heterocycles. The van der Waals surface area contributed by atoms with Crippen LogP contribution in [-0.2, 0) is 9.53 Å². The molecule has 0 aromatic rings. The van der Waals surface area contributed by atoms with Gasteiger partial charge in [0.25, 0.3) is 0 Å². The maximum atomic E-state index is 10.5. The van der Waals surface area contributed by atoms with Gasteiger partial charge in [-0.15, -0.1) is 0 Å². The molecule has 0 unspecified atom stereocenters. The average Bonchev–Trinajstić information content (AvgIpc) is 1.97. The van der Waals surface area contributed by atoms with Crippen molar-refractivity contribution in [1.29, 1.82) is 0 Å². The topological polar surface area (TPSA) is 66.8 Å². The minimum atomic E-state index is -1.44. The van der Waals surface area contributed by atoms with Crippen molar-refractivity contribution in [3.05, 3.63) is 12.1 Å². The van der Waals surface area contributed by atoms with Crippen molar-refractivity contribution in [2.24, 2.45) is 0 Å². The van der Waals surface area contributed by atoms with Crippen LogP contribution in [0, 0.1) is 0 Å². The lowest BCUT2D eigenvalue weighted by atomic mass is 9.91. The second-order valence-electron chi connectivity index (χ2n) is 1.96. The van der Waals surface area contributed by atoms with Gasteiger partial charge in [0.05, 0.1) is 7.11 Å². The smallest absolute Gasteiger partial charge is 0.469 e. The van der Waals surface area contributed by atoms with Crippen molar-refractivity contribution in [2.75, 3.05) is 7.11 Å².